The number of hydrogen-bond acceptors (Lipinski definition) is 11. The Hall–Kier alpha value is -5.76. The Labute approximate surface area is 304 Å². The van der Waals surface area contributed by atoms with Crippen molar-refractivity contribution in [2.45, 2.75) is 38.8 Å². The lowest BCUT2D eigenvalue weighted by Gasteiger charge is -2.37. The molecule has 0 bridgehead atoms. The van der Waals surface area contributed by atoms with Crippen LogP contribution in [-0.2, 0) is 17.7 Å². The van der Waals surface area contributed by atoms with Crippen molar-refractivity contribution in [1.82, 2.24) is 19.4 Å². The fraction of sp³-hybridized carbons (Fsp3) is 0.333. The largest absolute Gasteiger partial charge is 0.493 e. The predicted molar refractivity (Wildman–Crippen MR) is 198 cm³/mol. The normalized spacial score (nSPS) is 14.8. The van der Waals surface area contributed by atoms with E-state index in [1.54, 1.807) is 36.8 Å². The Morgan fingerprint density at radius 3 is 2.43 bits per heavy atom. The zero-order valence-electron chi connectivity index (χ0n) is 29.8. The lowest BCUT2D eigenvalue weighted by atomic mass is 9.94. The molecule has 1 aliphatic heterocycles. The molecule has 276 valence electrons. The van der Waals surface area contributed by atoms with Gasteiger partial charge in [0.2, 0.25) is 11.4 Å². The van der Waals surface area contributed by atoms with E-state index in [0.29, 0.717) is 56.5 Å². The number of nitrogen functional groups attached to an aromatic ring is 2. The van der Waals surface area contributed by atoms with E-state index in [0.717, 1.165) is 46.7 Å². The van der Waals surface area contributed by atoms with Crippen LogP contribution in [0.3, 0.4) is 0 Å². The number of fused-ring (bicyclic) bond motifs is 1. The number of nitrogens with two attached hydrogens (primary N) is 2. The van der Waals surface area contributed by atoms with E-state index >= 15 is 8.78 Å². The number of halogens is 2. The maximum Gasteiger partial charge on any atom is 0.343 e. The van der Waals surface area contributed by atoms with Gasteiger partial charge in [0.1, 0.15) is 22.9 Å². The third-order valence-corrected chi connectivity index (χ3v) is 9.92. The summed E-state index contributed by atoms with van der Waals surface area (Å²) in [5, 5.41) is -0.172. The zero-order valence-corrected chi connectivity index (χ0v) is 29.8. The zero-order chi connectivity index (χ0) is 37.4. The third kappa shape index (κ3) is 6.93. The van der Waals surface area contributed by atoms with Crippen LogP contribution in [0.5, 0.6) is 11.5 Å². The number of methoxy groups -OCH3 is 2. The first-order valence-electron chi connectivity index (χ1n) is 17.5. The molecule has 0 radical (unpaired) electrons. The minimum absolute atomic E-state index is 0.00713. The standard InChI is InChI=1S/C39H41F2N7O5/c1-4-53-38(50)29-21-48(26-10-11-26)33-28(35(29)49)18-30(40)34(32(33)41)47-14-12-46(13-15-47)20-23-9-8-22(27-6-5-7-31(51-2)36(27)52-3)16-24(23)17-25-19-44-39(43)45-37(25)42/h5-9,16,18-19,21,26H,4,10-15,17,20H2,1-3H3,(H4,42,43,44,45). The summed E-state index contributed by atoms with van der Waals surface area (Å²) in [6.45, 7) is 4.01. The number of carbonyl (C=O) groups excluding carboxylic acids is 1. The summed E-state index contributed by atoms with van der Waals surface area (Å²) in [5.74, 6) is -0.845. The molecule has 3 aromatic carbocycles. The van der Waals surface area contributed by atoms with Crippen LogP contribution in [0, 0.1) is 11.6 Å². The second-order valence-corrected chi connectivity index (χ2v) is 13.3. The van der Waals surface area contributed by atoms with Crippen molar-refractivity contribution in [2.75, 3.05) is 63.4 Å². The number of piperazine rings is 1. The summed E-state index contributed by atoms with van der Waals surface area (Å²) < 4.78 is 50.2. The molecule has 1 saturated heterocycles. The Morgan fingerprint density at radius 1 is 0.981 bits per heavy atom. The van der Waals surface area contributed by atoms with Gasteiger partial charge in [0.15, 0.2) is 17.3 Å². The number of carbonyl (C=O) groups is 1. The van der Waals surface area contributed by atoms with Gasteiger partial charge in [-0.25, -0.2) is 18.6 Å². The van der Waals surface area contributed by atoms with Crippen molar-refractivity contribution < 1.29 is 27.8 Å². The summed E-state index contributed by atoms with van der Waals surface area (Å²) in [4.78, 5) is 38.1. The van der Waals surface area contributed by atoms with Gasteiger partial charge in [-0.1, -0.05) is 30.3 Å². The van der Waals surface area contributed by atoms with Crippen molar-refractivity contribution in [3.05, 3.63) is 99.0 Å². The lowest BCUT2D eigenvalue weighted by Crippen LogP contribution is -2.46. The predicted octanol–water partition coefficient (Wildman–Crippen LogP) is 5.34. The average molecular weight is 726 g/mol. The molecule has 2 aliphatic rings. The van der Waals surface area contributed by atoms with Gasteiger partial charge in [0.05, 0.1) is 31.7 Å². The maximum atomic E-state index is 16.4. The number of nitrogens with zero attached hydrogens (tertiary/aromatic N) is 5. The molecule has 3 heterocycles. The van der Waals surface area contributed by atoms with Gasteiger partial charge in [0.25, 0.3) is 0 Å². The minimum Gasteiger partial charge on any atom is -0.493 e. The van der Waals surface area contributed by atoms with Gasteiger partial charge >= 0.3 is 5.97 Å². The quantitative estimate of drug-likeness (QED) is 0.170. The van der Waals surface area contributed by atoms with E-state index in [1.165, 1.54) is 6.20 Å². The molecule has 1 saturated carbocycles. The molecule has 53 heavy (non-hydrogen) atoms. The van der Waals surface area contributed by atoms with E-state index in [9.17, 15) is 9.59 Å². The second kappa shape index (κ2) is 14.7. The first kappa shape index (κ1) is 35.6. The van der Waals surface area contributed by atoms with E-state index in [1.807, 2.05) is 24.3 Å². The van der Waals surface area contributed by atoms with Gasteiger partial charge in [0, 0.05) is 68.7 Å². The highest BCUT2D eigenvalue weighted by molar-refractivity contribution is 5.95. The van der Waals surface area contributed by atoms with Crippen LogP contribution in [0.15, 0.2) is 59.7 Å². The van der Waals surface area contributed by atoms with Gasteiger partial charge in [-0.05, 0) is 48.6 Å². The molecule has 0 unspecified atom stereocenters. The molecule has 0 spiro atoms. The smallest absolute Gasteiger partial charge is 0.343 e. The summed E-state index contributed by atoms with van der Waals surface area (Å²) >= 11 is 0. The highest BCUT2D eigenvalue weighted by Gasteiger charge is 2.32. The van der Waals surface area contributed by atoms with Gasteiger partial charge in [-0.2, -0.15) is 4.98 Å². The van der Waals surface area contributed by atoms with Crippen molar-refractivity contribution in [1.29, 1.82) is 0 Å². The summed E-state index contributed by atoms with van der Waals surface area (Å²) in [7, 11) is 3.20. The molecule has 12 nitrogen and oxygen atoms in total. The van der Waals surface area contributed by atoms with E-state index in [4.69, 9.17) is 25.7 Å². The van der Waals surface area contributed by atoms with Gasteiger partial charge in [-0.3, -0.25) is 9.69 Å². The Morgan fingerprint density at radius 2 is 1.75 bits per heavy atom. The number of para-hydroxylation sites is 1. The molecule has 2 fully saturated rings. The van der Waals surface area contributed by atoms with Crippen molar-refractivity contribution >= 4 is 34.3 Å². The number of esters is 1. The van der Waals surface area contributed by atoms with Crippen LogP contribution < -0.4 is 31.3 Å². The number of ether oxygens (including phenoxy) is 3. The fourth-order valence-electron chi connectivity index (χ4n) is 7.09. The van der Waals surface area contributed by atoms with Crippen molar-refractivity contribution in [3.63, 3.8) is 0 Å². The van der Waals surface area contributed by atoms with E-state index < -0.39 is 23.0 Å². The number of anilines is 3. The Balaban J connectivity index is 1.17. The number of hydrogen-bond donors (Lipinski definition) is 2. The summed E-state index contributed by atoms with van der Waals surface area (Å²) in [6, 6.07) is 12.9. The SMILES string of the molecule is CCOC(=O)c1cn(C2CC2)c2c(F)c(N3CCN(Cc4ccc(-c5cccc(OC)c5OC)cc4Cc4cnc(N)nc4N)CC3)c(F)cc2c1=O. The highest BCUT2D eigenvalue weighted by atomic mass is 19.1. The molecule has 7 rings (SSSR count). The van der Waals surface area contributed by atoms with Crippen molar-refractivity contribution in [2.24, 2.45) is 0 Å². The van der Waals surface area contributed by atoms with Crippen LogP contribution in [0.4, 0.5) is 26.2 Å². The molecule has 4 N–H and O–H groups in total. The maximum absolute atomic E-state index is 16.4. The number of aromatic nitrogens is 3. The summed E-state index contributed by atoms with van der Waals surface area (Å²) in [5.41, 5.74) is 15.4. The highest BCUT2D eigenvalue weighted by Crippen LogP contribution is 2.41. The van der Waals surface area contributed by atoms with Gasteiger partial charge < -0.3 is 35.1 Å². The van der Waals surface area contributed by atoms with Crippen LogP contribution in [0.2, 0.25) is 0 Å². The third-order valence-electron chi connectivity index (χ3n) is 9.92. The first-order valence-corrected chi connectivity index (χ1v) is 17.5. The van der Waals surface area contributed by atoms with E-state index in [-0.39, 0.29) is 40.8 Å². The minimum atomic E-state index is -0.849. The lowest BCUT2D eigenvalue weighted by molar-refractivity contribution is 0.0524. The molecular weight excluding hydrogens is 684 g/mol. The molecule has 0 amide bonds. The molecule has 14 heteroatoms. The number of rotatable bonds is 11. The molecule has 0 atom stereocenters. The fourth-order valence-corrected chi connectivity index (χ4v) is 7.09. The van der Waals surface area contributed by atoms with E-state index in [2.05, 4.69) is 27.0 Å². The number of benzene rings is 3. The van der Waals surface area contributed by atoms with Crippen LogP contribution in [0.1, 0.15) is 52.9 Å². The first-order chi connectivity index (χ1) is 25.6. The molecule has 5 aromatic rings. The number of pyridine rings is 1. The van der Waals surface area contributed by atoms with Gasteiger partial charge in [-0.15, -0.1) is 0 Å². The molecule has 2 aromatic heterocycles. The Bertz CT molecular complexity index is 2270. The van der Waals surface area contributed by atoms with Crippen LogP contribution >= 0.6 is 0 Å². The molecular formula is C39H41F2N7O5. The monoisotopic (exact) mass is 725 g/mol. The van der Waals surface area contributed by atoms with Crippen LogP contribution in [0.25, 0.3) is 22.0 Å². The molecule has 1 aliphatic carbocycles. The second-order valence-electron chi connectivity index (χ2n) is 13.3. The Kier molecular flexibility index (Phi) is 9.88. The van der Waals surface area contributed by atoms with Crippen LogP contribution in [-0.4, -0.2) is 72.4 Å². The summed E-state index contributed by atoms with van der Waals surface area (Å²) in [6.07, 6.45) is 4.96. The average Bonchev–Trinajstić information content (AvgIpc) is 4.00. The van der Waals surface area contributed by atoms with Crippen molar-refractivity contribution in [3.8, 4) is 22.6 Å². The topological polar surface area (TPSA) is 151 Å².